The average Bonchev–Trinajstić information content (AvgIpc) is 2.75. The summed E-state index contributed by atoms with van der Waals surface area (Å²) in [5.74, 6) is -0.168. The summed E-state index contributed by atoms with van der Waals surface area (Å²) in [4.78, 5) is 14.2. The van der Waals surface area contributed by atoms with Crippen LogP contribution in [0.3, 0.4) is 0 Å². The lowest BCUT2D eigenvalue weighted by Crippen LogP contribution is -2.38. The standard InChI is InChI=1S/C13H17IN2O2/c1-16-6-2-3-10(16)8-15-13(18)11-7-9(14)4-5-12(11)17/h4-5,7,10,17H,2-3,6,8H2,1H3,(H,15,18). The third-order valence-corrected chi connectivity index (χ3v) is 4.04. The molecule has 1 atom stereocenters. The lowest BCUT2D eigenvalue weighted by Gasteiger charge is -2.19. The predicted molar refractivity (Wildman–Crippen MR) is 78.8 cm³/mol. The highest BCUT2D eigenvalue weighted by molar-refractivity contribution is 14.1. The molecular weight excluding hydrogens is 343 g/mol. The van der Waals surface area contributed by atoms with E-state index in [1.165, 1.54) is 6.42 Å². The van der Waals surface area contributed by atoms with Crippen molar-refractivity contribution >= 4 is 28.5 Å². The maximum absolute atomic E-state index is 12.0. The Balaban J connectivity index is 1.97. The van der Waals surface area contributed by atoms with Gasteiger partial charge in [0.15, 0.2) is 0 Å². The van der Waals surface area contributed by atoms with Gasteiger partial charge in [0.1, 0.15) is 5.75 Å². The van der Waals surface area contributed by atoms with Gasteiger partial charge in [-0.3, -0.25) is 4.79 Å². The van der Waals surface area contributed by atoms with E-state index in [9.17, 15) is 9.90 Å². The summed E-state index contributed by atoms with van der Waals surface area (Å²) in [5.41, 5.74) is 0.350. The molecule has 1 aliphatic rings. The highest BCUT2D eigenvalue weighted by Gasteiger charge is 2.21. The first-order chi connectivity index (χ1) is 8.58. The van der Waals surface area contributed by atoms with Crippen LogP contribution in [0.25, 0.3) is 0 Å². The van der Waals surface area contributed by atoms with Gasteiger partial charge in [-0.25, -0.2) is 0 Å². The molecule has 98 valence electrons. The van der Waals surface area contributed by atoms with E-state index < -0.39 is 0 Å². The van der Waals surface area contributed by atoms with Gasteiger partial charge in [0.05, 0.1) is 5.56 Å². The Morgan fingerprint density at radius 1 is 1.61 bits per heavy atom. The Bertz CT molecular complexity index is 451. The average molecular weight is 360 g/mol. The molecule has 0 saturated carbocycles. The molecule has 1 saturated heterocycles. The van der Waals surface area contributed by atoms with E-state index in [-0.39, 0.29) is 11.7 Å². The molecule has 0 radical (unpaired) electrons. The van der Waals surface area contributed by atoms with E-state index in [0.717, 1.165) is 16.5 Å². The monoisotopic (exact) mass is 360 g/mol. The number of amides is 1. The van der Waals surface area contributed by atoms with Crippen molar-refractivity contribution in [3.8, 4) is 5.75 Å². The number of phenolic OH excluding ortho intramolecular Hbond substituents is 1. The van der Waals surface area contributed by atoms with Gasteiger partial charge >= 0.3 is 0 Å². The van der Waals surface area contributed by atoms with Crippen molar-refractivity contribution in [1.29, 1.82) is 0 Å². The van der Waals surface area contributed by atoms with Crippen LogP contribution in [0, 0.1) is 3.57 Å². The van der Waals surface area contributed by atoms with E-state index in [1.807, 2.05) is 0 Å². The van der Waals surface area contributed by atoms with Crippen LogP contribution in [0.2, 0.25) is 0 Å². The number of hydrogen-bond acceptors (Lipinski definition) is 3. The summed E-state index contributed by atoms with van der Waals surface area (Å²) in [6, 6.07) is 5.44. The van der Waals surface area contributed by atoms with Crippen LogP contribution in [0.1, 0.15) is 23.2 Å². The van der Waals surface area contributed by atoms with Crippen molar-refractivity contribution in [2.24, 2.45) is 0 Å². The summed E-state index contributed by atoms with van der Waals surface area (Å²) < 4.78 is 0.938. The molecule has 0 bridgehead atoms. The molecule has 0 aromatic heterocycles. The summed E-state index contributed by atoms with van der Waals surface area (Å²) in [7, 11) is 2.08. The lowest BCUT2D eigenvalue weighted by molar-refractivity contribution is 0.0941. The molecule has 2 rings (SSSR count). The number of phenols is 1. The Morgan fingerprint density at radius 2 is 2.39 bits per heavy atom. The second-order valence-corrected chi connectivity index (χ2v) is 5.89. The molecule has 0 spiro atoms. The van der Waals surface area contributed by atoms with Gasteiger partial charge in [-0.2, -0.15) is 0 Å². The number of carbonyl (C=O) groups excluding carboxylic acids is 1. The second-order valence-electron chi connectivity index (χ2n) is 4.65. The van der Waals surface area contributed by atoms with E-state index in [4.69, 9.17) is 0 Å². The van der Waals surface area contributed by atoms with Crippen molar-refractivity contribution in [3.05, 3.63) is 27.3 Å². The lowest BCUT2D eigenvalue weighted by atomic mass is 10.1. The minimum Gasteiger partial charge on any atom is -0.507 e. The number of hydrogen-bond donors (Lipinski definition) is 2. The van der Waals surface area contributed by atoms with Crippen LogP contribution in [-0.2, 0) is 0 Å². The first-order valence-electron chi connectivity index (χ1n) is 6.05. The molecular formula is C13H17IN2O2. The Labute approximate surface area is 121 Å². The number of halogens is 1. The zero-order chi connectivity index (χ0) is 13.1. The SMILES string of the molecule is CN1CCCC1CNC(=O)c1cc(I)ccc1O. The summed E-state index contributed by atoms with van der Waals surface area (Å²) >= 11 is 2.13. The maximum atomic E-state index is 12.0. The fourth-order valence-corrected chi connectivity index (χ4v) is 2.72. The first-order valence-corrected chi connectivity index (χ1v) is 7.13. The maximum Gasteiger partial charge on any atom is 0.255 e. The van der Waals surface area contributed by atoms with Gasteiger partial charge in [0.25, 0.3) is 5.91 Å². The third-order valence-electron chi connectivity index (χ3n) is 3.37. The molecule has 4 nitrogen and oxygen atoms in total. The van der Waals surface area contributed by atoms with Crippen LogP contribution in [0.5, 0.6) is 5.75 Å². The minimum atomic E-state index is -0.202. The highest BCUT2D eigenvalue weighted by Crippen LogP contribution is 2.20. The Morgan fingerprint density at radius 3 is 3.06 bits per heavy atom. The van der Waals surface area contributed by atoms with E-state index in [2.05, 4.69) is 39.9 Å². The normalized spacial score (nSPS) is 20.0. The van der Waals surface area contributed by atoms with E-state index in [0.29, 0.717) is 18.2 Å². The van der Waals surface area contributed by atoms with Gasteiger partial charge in [-0.05, 0) is 67.2 Å². The van der Waals surface area contributed by atoms with E-state index >= 15 is 0 Å². The number of likely N-dealkylation sites (tertiary alicyclic amines) is 1. The van der Waals surface area contributed by atoms with Gasteiger partial charge in [-0.15, -0.1) is 0 Å². The number of nitrogens with zero attached hydrogens (tertiary/aromatic N) is 1. The smallest absolute Gasteiger partial charge is 0.255 e. The largest absolute Gasteiger partial charge is 0.507 e. The zero-order valence-corrected chi connectivity index (χ0v) is 12.5. The molecule has 1 fully saturated rings. The fraction of sp³-hybridized carbons (Fsp3) is 0.462. The summed E-state index contributed by atoms with van der Waals surface area (Å²) in [5, 5.41) is 12.6. The van der Waals surface area contributed by atoms with E-state index in [1.54, 1.807) is 18.2 Å². The first kappa shape index (κ1) is 13.6. The van der Waals surface area contributed by atoms with Crippen LogP contribution < -0.4 is 5.32 Å². The van der Waals surface area contributed by atoms with Crippen molar-refractivity contribution in [3.63, 3.8) is 0 Å². The molecule has 1 aromatic carbocycles. The minimum absolute atomic E-state index is 0.0349. The quantitative estimate of drug-likeness (QED) is 0.809. The molecule has 1 heterocycles. The van der Waals surface area contributed by atoms with Crippen molar-refractivity contribution in [2.45, 2.75) is 18.9 Å². The number of carbonyl (C=O) groups is 1. The van der Waals surface area contributed by atoms with Crippen molar-refractivity contribution < 1.29 is 9.90 Å². The summed E-state index contributed by atoms with van der Waals surface area (Å²) in [6.45, 7) is 1.73. The van der Waals surface area contributed by atoms with Crippen molar-refractivity contribution in [2.75, 3.05) is 20.1 Å². The molecule has 5 heteroatoms. The summed E-state index contributed by atoms with van der Waals surface area (Å²) in [6.07, 6.45) is 2.31. The Hall–Kier alpha value is -0.820. The van der Waals surface area contributed by atoms with Crippen LogP contribution in [0.15, 0.2) is 18.2 Å². The Kier molecular flexibility index (Phi) is 4.45. The number of rotatable bonds is 3. The molecule has 1 amide bonds. The van der Waals surface area contributed by atoms with Crippen LogP contribution in [-0.4, -0.2) is 42.1 Å². The topological polar surface area (TPSA) is 52.6 Å². The van der Waals surface area contributed by atoms with Crippen LogP contribution in [0.4, 0.5) is 0 Å². The van der Waals surface area contributed by atoms with Gasteiger partial charge in [0, 0.05) is 16.2 Å². The molecule has 1 aliphatic heterocycles. The molecule has 1 unspecified atom stereocenters. The predicted octanol–water partition coefficient (Wildman–Crippen LogP) is 1.82. The highest BCUT2D eigenvalue weighted by atomic mass is 127. The fourth-order valence-electron chi connectivity index (χ4n) is 2.23. The van der Waals surface area contributed by atoms with Gasteiger partial charge in [-0.1, -0.05) is 0 Å². The molecule has 0 aliphatic carbocycles. The number of likely N-dealkylation sites (N-methyl/N-ethyl adjacent to an activating group) is 1. The van der Waals surface area contributed by atoms with Gasteiger partial charge < -0.3 is 15.3 Å². The van der Waals surface area contributed by atoms with Crippen molar-refractivity contribution in [1.82, 2.24) is 10.2 Å². The number of aromatic hydroxyl groups is 1. The van der Waals surface area contributed by atoms with Crippen LogP contribution >= 0.6 is 22.6 Å². The third kappa shape index (κ3) is 3.14. The molecule has 2 N–H and O–H groups in total. The number of benzene rings is 1. The molecule has 18 heavy (non-hydrogen) atoms. The number of nitrogens with one attached hydrogen (secondary N) is 1. The second kappa shape index (κ2) is 5.88. The zero-order valence-electron chi connectivity index (χ0n) is 10.3. The molecule has 1 aromatic rings. The van der Waals surface area contributed by atoms with Gasteiger partial charge in [0.2, 0.25) is 0 Å².